The molecule has 1 aromatic rings. The van der Waals surface area contributed by atoms with Crippen molar-refractivity contribution in [1.82, 2.24) is 4.90 Å². The van der Waals surface area contributed by atoms with Crippen LogP contribution in [0.2, 0.25) is 0 Å². The quantitative estimate of drug-likeness (QED) is 0.910. The zero-order valence-electron chi connectivity index (χ0n) is 12.0. The summed E-state index contributed by atoms with van der Waals surface area (Å²) in [6.45, 7) is 7.61. The average molecular weight is 325 g/mol. The Kier molecular flexibility index (Phi) is 5.43. The van der Waals surface area contributed by atoms with Crippen LogP contribution in [0.25, 0.3) is 0 Å². The fraction of sp³-hybridized carbons (Fsp3) is 0.625. The molecule has 3 heteroatoms. The van der Waals surface area contributed by atoms with Crippen molar-refractivity contribution in [3.8, 4) is 0 Å². The minimum Gasteiger partial charge on any atom is -0.330 e. The zero-order valence-corrected chi connectivity index (χ0v) is 13.6. The van der Waals surface area contributed by atoms with E-state index in [9.17, 15) is 0 Å². The third-order valence-corrected chi connectivity index (χ3v) is 5.09. The van der Waals surface area contributed by atoms with E-state index in [1.807, 2.05) is 0 Å². The lowest BCUT2D eigenvalue weighted by Gasteiger charge is -2.41. The van der Waals surface area contributed by atoms with Crippen LogP contribution in [-0.2, 0) is 0 Å². The Balaban J connectivity index is 2.30. The van der Waals surface area contributed by atoms with Gasteiger partial charge in [-0.15, -0.1) is 0 Å². The van der Waals surface area contributed by atoms with Crippen LogP contribution >= 0.6 is 15.9 Å². The molecule has 0 bridgehead atoms. The molecule has 2 rings (SSSR count). The summed E-state index contributed by atoms with van der Waals surface area (Å²) in [5, 5.41) is 0. The monoisotopic (exact) mass is 324 g/mol. The predicted octanol–water partition coefficient (Wildman–Crippen LogP) is 3.88. The lowest BCUT2D eigenvalue weighted by molar-refractivity contribution is 0.0960. The third kappa shape index (κ3) is 3.39. The van der Waals surface area contributed by atoms with E-state index in [1.165, 1.54) is 48.0 Å². The molecule has 1 heterocycles. The standard InChI is InChI=1S/C16H25BrN2/c1-3-8-19-9-4-5-14(11-18)16(19)13-6-7-15(17)12(2)10-13/h6-7,10,14,16H,3-5,8-9,11,18H2,1-2H3. The number of hydrogen-bond donors (Lipinski definition) is 1. The van der Waals surface area contributed by atoms with Gasteiger partial charge in [-0.3, -0.25) is 4.90 Å². The van der Waals surface area contributed by atoms with Gasteiger partial charge in [0, 0.05) is 10.5 Å². The smallest absolute Gasteiger partial charge is 0.0388 e. The summed E-state index contributed by atoms with van der Waals surface area (Å²) in [4.78, 5) is 2.63. The average Bonchev–Trinajstić information content (AvgIpc) is 2.42. The van der Waals surface area contributed by atoms with E-state index in [2.05, 4.69) is 52.9 Å². The van der Waals surface area contributed by atoms with Crippen molar-refractivity contribution in [2.24, 2.45) is 11.7 Å². The van der Waals surface area contributed by atoms with E-state index in [0.29, 0.717) is 12.0 Å². The van der Waals surface area contributed by atoms with Gasteiger partial charge >= 0.3 is 0 Å². The molecule has 1 saturated heterocycles. The van der Waals surface area contributed by atoms with Crippen molar-refractivity contribution < 1.29 is 0 Å². The maximum Gasteiger partial charge on any atom is 0.0388 e. The first-order valence-electron chi connectivity index (χ1n) is 7.37. The Morgan fingerprint density at radius 1 is 1.42 bits per heavy atom. The number of rotatable bonds is 4. The zero-order chi connectivity index (χ0) is 13.8. The van der Waals surface area contributed by atoms with Crippen LogP contribution < -0.4 is 5.73 Å². The molecular weight excluding hydrogens is 300 g/mol. The number of halogens is 1. The molecule has 19 heavy (non-hydrogen) atoms. The van der Waals surface area contributed by atoms with Gasteiger partial charge in [0.25, 0.3) is 0 Å². The lowest BCUT2D eigenvalue weighted by Crippen LogP contribution is -2.41. The Bertz CT molecular complexity index is 417. The minimum absolute atomic E-state index is 0.505. The molecule has 106 valence electrons. The second kappa shape index (κ2) is 6.87. The fourth-order valence-electron chi connectivity index (χ4n) is 3.27. The minimum atomic E-state index is 0.505. The largest absolute Gasteiger partial charge is 0.330 e. The van der Waals surface area contributed by atoms with Crippen LogP contribution in [0.1, 0.15) is 43.4 Å². The van der Waals surface area contributed by atoms with Gasteiger partial charge in [-0.1, -0.05) is 35.0 Å². The van der Waals surface area contributed by atoms with Crippen LogP contribution in [0.4, 0.5) is 0 Å². The molecule has 1 fully saturated rings. The maximum atomic E-state index is 6.02. The van der Waals surface area contributed by atoms with Crippen LogP contribution in [-0.4, -0.2) is 24.5 Å². The SMILES string of the molecule is CCCN1CCCC(CN)C1c1ccc(Br)c(C)c1. The Morgan fingerprint density at radius 2 is 2.21 bits per heavy atom. The van der Waals surface area contributed by atoms with Gasteiger partial charge in [0.1, 0.15) is 0 Å². The van der Waals surface area contributed by atoms with Crippen molar-refractivity contribution in [2.75, 3.05) is 19.6 Å². The maximum absolute atomic E-state index is 6.02. The highest BCUT2D eigenvalue weighted by Gasteiger charge is 2.31. The Morgan fingerprint density at radius 3 is 2.84 bits per heavy atom. The van der Waals surface area contributed by atoms with Gasteiger partial charge in [-0.25, -0.2) is 0 Å². The third-order valence-electron chi connectivity index (χ3n) is 4.20. The summed E-state index contributed by atoms with van der Waals surface area (Å²) in [6.07, 6.45) is 3.76. The number of hydrogen-bond acceptors (Lipinski definition) is 2. The Labute approximate surface area is 125 Å². The summed E-state index contributed by atoms with van der Waals surface area (Å²) < 4.78 is 1.19. The van der Waals surface area contributed by atoms with Gasteiger partial charge in [0.05, 0.1) is 0 Å². The van der Waals surface area contributed by atoms with Crippen molar-refractivity contribution in [2.45, 2.75) is 39.2 Å². The van der Waals surface area contributed by atoms with Crippen molar-refractivity contribution in [3.63, 3.8) is 0 Å². The first-order valence-corrected chi connectivity index (χ1v) is 8.16. The van der Waals surface area contributed by atoms with Gasteiger partial charge in [-0.05, 0) is 68.9 Å². The van der Waals surface area contributed by atoms with Crippen molar-refractivity contribution in [1.29, 1.82) is 0 Å². The summed E-state index contributed by atoms with van der Waals surface area (Å²) >= 11 is 3.59. The first kappa shape index (κ1) is 15.0. The number of piperidine rings is 1. The molecule has 0 spiro atoms. The van der Waals surface area contributed by atoms with E-state index in [0.717, 1.165) is 6.54 Å². The van der Waals surface area contributed by atoms with E-state index >= 15 is 0 Å². The first-order chi connectivity index (χ1) is 9.17. The van der Waals surface area contributed by atoms with E-state index in [1.54, 1.807) is 0 Å². The highest BCUT2D eigenvalue weighted by molar-refractivity contribution is 9.10. The normalized spacial score (nSPS) is 24.6. The second-order valence-corrected chi connectivity index (χ2v) is 6.48. The molecule has 2 atom stereocenters. The van der Waals surface area contributed by atoms with Gasteiger partial charge in [0.15, 0.2) is 0 Å². The van der Waals surface area contributed by atoms with E-state index in [-0.39, 0.29) is 0 Å². The molecule has 2 unspecified atom stereocenters. The Hall–Kier alpha value is -0.380. The van der Waals surface area contributed by atoms with Gasteiger partial charge in [0.2, 0.25) is 0 Å². The summed E-state index contributed by atoms with van der Waals surface area (Å²) in [5.74, 6) is 0.598. The summed E-state index contributed by atoms with van der Waals surface area (Å²) in [5.41, 5.74) is 8.77. The molecule has 2 N–H and O–H groups in total. The van der Waals surface area contributed by atoms with Gasteiger partial charge < -0.3 is 5.73 Å². The van der Waals surface area contributed by atoms with Crippen LogP contribution in [0, 0.1) is 12.8 Å². The highest BCUT2D eigenvalue weighted by Crippen LogP contribution is 2.36. The van der Waals surface area contributed by atoms with Crippen LogP contribution in [0.5, 0.6) is 0 Å². The number of likely N-dealkylation sites (tertiary alicyclic amines) is 1. The van der Waals surface area contributed by atoms with Crippen molar-refractivity contribution >= 4 is 15.9 Å². The highest BCUT2D eigenvalue weighted by atomic mass is 79.9. The van der Waals surface area contributed by atoms with Crippen LogP contribution in [0.15, 0.2) is 22.7 Å². The molecule has 2 nitrogen and oxygen atoms in total. The molecule has 0 aromatic heterocycles. The molecule has 1 aromatic carbocycles. The molecular formula is C16H25BrN2. The molecule has 0 aliphatic carbocycles. The fourth-order valence-corrected chi connectivity index (χ4v) is 3.52. The molecule has 0 amide bonds. The van der Waals surface area contributed by atoms with E-state index < -0.39 is 0 Å². The molecule has 1 aliphatic rings. The van der Waals surface area contributed by atoms with Gasteiger partial charge in [-0.2, -0.15) is 0 Å². The summed E-state index contributed by atoms with van der Waals surface area (Å²) in [6, 6.07) is 7.27. The number of nitrogens with two attached hydrogens (primary N) is 1. The van der Waals surface area contributed by atoms with Crippen molar-refractivity contribution in [3.05, 3.63) is 33.8 Å². The number of benzene rings is 1. The number of aryl methyl sites for hydroxylation is 1. The second-order valence-electron chi connectivity index (χ2n) is 5.63. The predicted molar refractivity (Wildman–Crippen MR) is 85.3 cm³/mol. The number of nitrogens with zero attached hydrogens (tertiary/aromatic N) is 1. The molecule has 1 aliphatic heterocycles. The summed E-state index contributed by atoms with van der Waals surface area (Å²) in [7, 11) is 0. The topological polar surface area (TPSA) is 29.3 Å². The molecule has 0 radical (unpaired) electrons. The van der Waals surface area contributed by atoms with Crippen LogP contribution in [0.3, 0.4) is 0 Å². The lowest BCUT2D eigenvalue weighted by atomic mass is 9.84. The van der Waals surface area contributed by atoms with E-state index in [4.69, 9.17) is 5.73 Å². The molecule has 0 saturated carbocycles.